The Labute approximate surface area is 73.8 Å². The molecule has 0 saturated carbocycles. The van der Waals surface area contributed by atoms with Crippen LogP contribution in [-0.2, 0) is 0 Å². The second kappa shape index (κ2) is 3.76. The largest absolute Gasteiger partial charge is 0.409 e. The zero-order valence-electron chi connectivity index (χ0n) is 6.67. The van der Waals surface area contributed by atoms with E-state index >= 15 is 0 Å². The maximum atomic E-state index is 12.2. The molecular weight excluding hydrogens is 221 g/mol. The van der Waals surface area contributed by atoms with Crippen LogP contribution in [0.3, 0.4) is 0 Å². The highest BCUT2D eigenvalue weighted by Gasteiger charge is 2.49. The van der Waals surface area contributed by atoms with Crippen molar-refractivity contribution in [1.82, 2.24) is 0 Å². The number of rotatable bonds is 3. The monoisotopic (exact) mass is 226 g/mol. The zero-order chi connectivity index (χ0) is 11.7. The predicted molar refractivity (Wildman–Crippen MR) is 31.9 cm³/mol. The summed E-state index contributed by atoms with van der Waals surface area (Å²) >= 11 is 0. The molecule has 0 rings (SSSR count). The highest BCUT2D eigenvalue weighted by molar-refractivity contribution is 5.14. The summed E-state index contributed by atoms with van der Waals surface area (Å²) in [6, 6.07) is 0. The first kappa shape index (κ1) is 13.2. The van der Waals surface area contributed by atoms with Gasteiger partial charge in [0.1, 0.15) is 0 Å². The fraction of sp³-hybridized carbons (Fsp3) is 0.667. The Hall–Kier alpha value is -0.790. The quantitative estimate of drug-likeness (QED) is 0.733. The molecule has 0 aromatic heterocycles. The molecule has 0 spiro atoms. The molecule has 1 N–H and O–H groups in total. The molecule has 0 aliphatic carbocycles. The van der Waals surface area contributed by atoms with E-state index in [4.69, 9.17) is 5.11 Å². The van der Waals surface area contributed by atoms with Gasteiger partial charge in [-0.25, -0.2) is 8.78 Å². The standard InChI is InChI=1S/C6H5F7O/c1-2(7)5(10,11)3(8)4(9)6(12,13)14/h2,14H,1H3/b4-3+/t2-/m0/s1. The second-order valence-corrected chi connectivity index (χ2v) is 2.41. The van der Waals surface area contributed by atoms with E-state index in [0.29, 0.717) is 0 Å². The van der Waals surface area contributed by atoms with Gasteiger partial charge >= 0.3 is 12.0 Å². The van der Waals surface area contributed by atoms with Gasteiger partial charge < -0.3 is 5.11 Å². The molecule has 0 aromatic carbocycles. The number of aliphatic hydroxyl groups is 1. The van der Waals surface area contributed by atoms with Gasteiger partial charge in [0.15, 0.2) is 6.17 Å². The summed E-state index contributed by atoms with van der Waals surface area (Å²) < 4.78 is 83.8. The molecule has 0 unspecified atom stereocenters. The van der Waals surface area contributed by atoms with E-state index in [1.807, 2.05) is 0 Å². The number of hydrogen-bond acceptors (Lipinski definition) is 1. The molecule has 0 heterocycles. The molecule has 8 heteroatoms. The van der Waals surface area contributed by atoms with Crippen LogP contribution < -0.4 is 0 Å². The maximum Gasteiger partial charge on any atom is 0.409 e. The summed E-state index contributed by atoms with van der Waals surface area (Å²) in [5, 5.41) is 7.54. The average molecular weight is 226 g/mol. The third-order valence-corrected chi connectivity index (χ3v) is 1.25. The van der Waals surface area contributed by atoms with Crippen molar-refractivity contribution in [2.24, 2.45) is 0 Å². The topological polar surface area (TPSA) is 20.2 Å². The van der Waals surface area contributed by atoms with Gasteiger partial charge in [-0.2, -0.15) is 22.0 Å². The Balaban J connectivity index is 5.21. The van der Waals surface area contributed by atoms with Crippen molar-refractivity contribution in [2.75, 3.05) is 0 Å². The summed E-state index contributed by atoms with van der Waals surface area (Å²) in [7, 11) is 0. The van der Waals surface area contributed by atoms with Crippen LogP contribution in [-0.4, -0.2) is 23.3 Å². The summed E-state index contributed by atoms with van der Waals surface area (Å²) in [6.07, 6.45) is -8.59. The van der Waals surface area contributed by atoms with Crippen molar-refractivity contribution in [3.63, 3.8) is 0 Å². The van der Waals surface area contributed by atoms with Crippen molar-refractivity contribution in [3.05, 3.63) is 11.7 Å². The van der Waals surface area contributed by atoms with E-state index in [2.05, 4.69) is 0 Å². The lowest BCUT2D eigenvalue weighted by atomic mass is 10.2. The van der Waals surface area contributed by atoms with E-state index in [1.165, 1.54) is 0 Å². The molecule has 0 aliphatic rings. The Morgan fingerprint density at radius 3 is 1.64 bits per heavy atom. The van der Waals surface area contributed by atoms with Gasteiger partial charge in [0.25, 0.3) is 0 Å². The molecule has 0 bridgehead atoms. The van der Waals surface area contributed by atoms with Crippen molar-refractivity contribution in [3.8, 4) is 0 Å². The van der Waals surface area contributed by atoms with Crippen LogP contribution in [0.4, 0.5) is 30.7 Å². The molecule has 0 radical (unpaired) electrons. The average Bonchev–Trinajstić information content (AvgIpc) is 1.99. The number of alkyl halides is 5. The maximum absolute atomic E-state index is 12.2. The number of hydrogen-bond donors (Lipinski definition) is 1. The van der Waals surface area contributed by atoms with Gasteiger partial charge in [0, 0.05) is 0 Å². The van der Waals surface area contributed by atoms with Crippen LogP contribution in [0.25, 0.3) is 0 Å². The van der Waals surface area contributed by atoms with Crippen molar-refractivity contribution < 1.29 is 35.8 Å². The van der Waals surface area contributed by atoms with Crippen LogP contribution in [0.2, 0.25) is 0 Å². The van der Waals surface area contributed by atoms with Gasteiger partial charge in [-0.1, -0.05) is 0 Å². The number of allylic oxidation sites excluding steroid dienone is 1. The van der Waals surface area contributed by atoms with E-state index in [9.17, 15) is 30.7 Å². The highest BCUT2D eigenvalue weighted by Crippen LogP contribution is 2.37. The van der Waals surface area contributed by atoms with Crippen LogP contribution in [0.15, 0.2) is 11.7 Å². The Kier molecular flexibility index (Phi) is 3.54. The SMILES string of the molecule is C[C@H](F)C(F)(F)/C(F)=C(\F)C(O)(F)F. The van der Waals surface area contributed by atoms with Gasteiger partial charge in [-0.3, -0.25) is 0 Å². The molecule has 0 amide bonds. The fourth-order valence-corrected chi connectivity index (χ4v) is 0.453. The lowest BCUT2D eigenvalue weighted by Gasteiger charge is -2.17. The predicted octanol–water partition coefficient (Wildman–Crippen LogP) is 2.72. The minimum atomic E-state index is -5.39. The van der Waals surface area contributed by atoms with Crippen molar-refractivity contribution >= 4 is 0 Å². The Morgan fingerprint density at radius 2 is 1.43 bits per heavy atom. The van der Waals surface area contributed by atoms with Crippen LogP contribution in [0.5, 0.6) is 0 Å². The van der Waals surface area contributed by atoms with E-state index in [1.54, 1.807) is 0 Å². The summed E-state index contributed by atoms with van der Waals surface area (Å²) in [4.78, 5) is 0. The van der Waals surface area contributed by atoms with Crippen LogP contribution in [0, 0.1) is 0 Å². The van der Waals surface area contributed by atoms with Gasteiger partial charge in [-0.05, 0) is 6.92 Å². The highest BCUT2D eigenvalue weighted by atomic mass is 19.3. The molecule has 1 nitrogen and oxygen atoms in total. The molecule has 0 aliphatic heterocycles. The van der Waals surface area contributed by atoms with Crippen molar-refractivity contribution in [1.29, 1.82) is 0 Å². The van der Waals surface area contributed by atoms with E-state index in [-0.39, 0.29) is 6.92 Å². The van der Waals surface area contributed by atoms with Crippen molar-refractivity contribution in [2.45, 2.75) is 25.1 Å². The minimum Gasteiger partial charge on any atom is -0.330 e. The van der Waals surface area contributed by atoms with Gasteiger partial charge in [0.05, 0.1) is 0 Å². The van der Waals surface area contributed by atoms with Gasteiger partial charge in [-0.15, -0.1) is 0 Å². The Bertz CT molecular complexity index is 239. The van der Waals surface area contributed by atoms with Crippen LogP contribution in [0.1, 0.15) is 6.92 Å². The lowest BCUT2D eigenvalue weighted by molar-refractivity contribution is -0.184. The smallest absolute Gasteiger partial charge is 0.330 e. The molecule has 1 atom stereocenters. The fourth-order valence-electron chi connectivity index (χ4n) is 0.453. The first-order valence-corrected chi connectivity index (χ1v) is 3.19. The molecule has 84 valence electrons. The molecule has 0 fully saturated rings. The van der Waals surface area contributed by atoms with E-state index in [0.717, 1.165) is 0 Å². The third-order valence-electron chi connectivity index (χ3n) is 1.25. The molecule has 0 aromatic rings. The van der Waals surface area contributed by atoms with E-state index < -0.39 is 29.9 Å². The first-order chi connectivity index (χ1) is 6.01. The second-order valence-electron chi connectivity index (χ2n) is 2.41. The summed E-state index contributed by atoms with van der Waals surface area (Å²) in [6.45, 7) is 0.155. The first-order valence-electron chi connectivity index (χ1n) is 3.19. The van der Waals surface area contributed by atoms with Gasteiger partial charge in [0.2, 0.25) is 11.7 Å². The van der Waals surface area contributed by atoms with Crippen LogP contribution >= 0.6 is 0 Å². The summed E-state index contributed by atoms with van der Waals surface area (Å²) in [5.41, 5.74) is 0. The molecule has 14 heavy (non-hydrogen) atoms. The normalized spacial score (nSPS) is 17.8. The lowest BCUT2D eigenvalue weighted by Crippen LogP contribution is -2.31. The molecule has 0 saturated heterocycles. The number of halogens is 7. The third kappa shape index (κ3) is 2.60. The molecular formula is C6H5F7O. The Morgan fingerprint density at radius 1 is 1.07 bits per heavy atom. The summed E-state index contributed by atoms with van der Waals surface area (Å²) in [5.74, 6) is -11.7. The zero-order valence-corrected chi connectivity index (χ0v) is 6.67. The minimum absolute atomic E-state index is 0.155.